The molecule has 0 unspecified atom stereocenters. The van der Waals surface area contributed by atoms with E-state index in [0.29, 0.717) is 6.42 Å². The van der Waals surface area contributed by atoms with Crippen LogP contribution in [0.15, 0.2) is 12.2 Å². The van der Waals surface area contributed by atoms with E-state index in [4.69, 9.17) is 11.2 Å². The fourth-order valence-corrected chi connectivity index (χ4v) is 1.87. The molecule has 82 valence electrons. The van der Waals surface area contributed by atoms with Gasteiger partial charge in [-0.15, -0.1) is 6.42 Å². The second-order valence-electron chi connectivity index (χ2n) is 4.00. The molecule has 1 aliphatic rings. The van der Waals surface area contributed by atoms with Crippen LogP contribution in [0.1, 0.15) is 26.2 Å². The molecule has 1 fully saturated rings. The van der Waals surface area contributed by atoms with Crippen LogP contribution in [0.25, 0.3) is 0 Å². The van der Waals surface area contributed by atoms with Crippen LogP contribution in [0.4, 0.5) is 0 Å². The van der Waals surface area contributed by atoms with Gasteiger partial charge in [-0.1, -0.05) is 12.5 Å². The van der Waals surface area contributed by atoms with Crippen molar-refractivity contribution in [3.05, 3.63) is 12.2 Å². The summed E-state index contributed by atoms with van der Waals surface area (Å²) in [6.45, 7) is 5.18. The third-order valence-electron chi connectivity index (χ3n) is 2.85. The highest BCUT2D eigenvalue weighted by molar-refractivity contribution is 5.66. The van der Waals surface area contributed by atoms with Crippen LogP contribution in [-0.4, -0.2) is 23.8 Å². The van der Waals surface area contributed by atoms with Crippen LogP contribution in [0, 0.1) is 17.8 Å². The largest absolute Gasteiger partial charge is 0.464 e. The van der Waals surface area contributed by atoms with E-state index in [1.807, 2.05) is 0 Å². The summed E-state index contributed by atoms with van der Waals surface area (Å²) < 4.78 is 4.91. The molecule has 0 aromatic heterocycles. The fraction of sp³-hybridized carbons (Fsp3) is 0.583. The summed E-state index contributed by atoms with van der Waals surface area (Å²) in [5.41, 5.74) is -0.0487. The lowest BCUT2D eigenvalue weighted by Gasteiger charge is -2.37. The van der Waals surface area contributed by atoms with Crippen LogP contribution in [0.2, 0.25) is 0 Å². The van der Waals surface area contributed by atoms with Gasteiger partial charge in [-0.3, -0.25) is 4.79 Å². The van der Waals surface area contributed by atoms with Crippen molar-refractivity contribution in [2.75, 3.05) is 6.61 Å². The van der Waals surface area contributed by atoms with Crippen molar-refractivity contribution in [1.29, 1.82) is 0 Å². The highest BCUT2D eigenvalue weighted by Crippen LogP contribution is 2.38. The Morgan fingerprint density at radius 3 is 3.07 bits per heavy atom. The van der Waals surface area contributed by atoms with Crippen molar-refractivity contribution < 1.29 is 14.6 Å². The molecule has 3 nitrogen and oxygen atoms in total. The summed E-state index contributed by atoms with van der Waals surface area (Å²) in [6.07, 6.45) is 6.99. The van der Waals surface area contributed by atoms with E-state index in [-0.39, 0.29) is 12.6 Å². The molecule has 1 aliphatic carbocycles. The van der Waals surface area contributed by atoms with E-state index < -0.39 is 11.5 Å². The maximum atomic E-state index is 10.7. The lowest BCUT2D eigenvalue weighted by Crippen LogP contribution is -2.42. The summed E-state index contributed by atoms with van der Waals surface area (Å²) >= 11 is 0. The molecule has 1 rings (SSSR count). The third-order valence-corrected chi connectivity index (χ3v) is 2.85. The van der Waals surface area contributed by atoms with Gasteiger partial charge in [0.25, 0.3) is 0 Å². The number of ether oxygens (including phenoxy) is 1. The summed E-state index contributed by atoms with van der Waals surface area (Å²) in [6, 6.07) is 0. The van der Waals surface area contributed by atoms with E-state index in [2.05, 4.69) is 12.5 Å². The summed E-state index contributed by atoms with van der Waals surface area (Å²) in [7, 11) is 0. The smallest absolute Gasteiger partial charge is 0.302 e. The first kappa shape index (κ1) is 11.8. The zero-order valence-corrected chi connectivity index (χ0v) is 8.95. The molecule has 1 N–H and O–H groups in total. The molecule has 0 radical (unpaired) electrons. The van der Waals surface area contributed by atoms with Gasteiger partial charge in [0.05, 0.1) is 11.5 Å². The Bertz CT molecular complexity index is 313. The van der Waals surface area contributed by atoms with E-state index in [1.54, 1.807) is 0 Å². The lowest BCUT2D eigenvalue weighted by atomic mass is 9.71. The Balaban J connectivity index is 2.78. The second kappa shape index (κ2) is 4.50. The van der Waals surface area contributed by atoms with Gasteiger partial charge < -0.3 is 9.84 Å². The van der Waals surface area contributed by atoms with E-state index in [0.717, 1.165) is 18.4 Å². The molecule has 3 heteroatoms. The number of esters is 1. The number of carbonyl (C=O) groups excluding carboxylic acids is 1. The van der Waals surface area contributed by atoms with Crippen LogP contribution in [-0.2, 0) is 9.53 Å². The molecule has 0 bridgehead atoms. The highest BCUT2D eigenvalue weighted by atomic mass is 16.5. The van der Waals surface area contributed by atoms with Crippen molar-refractivity contribution in [3.63, 3.8) is 0 Å². The maximum absolute atomic E-state index is 10.7. The molecule has 0 amide bonds. The Labute approximate surface area is 90.1 Å². The van der Waals surface area contributed by atoms with Crippen molar-refractivity contribution >= 4 is 5.97 Å². The Kier molecular flexibility index (Phi) is 3.54. The van der Waals surface area contributed by atoms with E-state index in [1.165, 1.54) is 6.92 Å². The minimum absolute atomic E-state index is 0.0685. The third kappa shape index (κ3) is 2.40. The van der Waals surface area contributed by atoms with Crippen LogP contribution < -0.4 is 0 Å². The first-order valence-corrected chi connectivity index (χ1v) is 4.99. The Hall–Kier alpha value is -1.27. The number of carbonyl (C=O) groups is 1. The van der Waals surface area contributed by atoms with E-state index in [9.17, 15) is 9.90 Å². The minimum atomic E-state index is -0.777. The van der Waals surface area contributed by atoms with Crippen molar-refractivity contribution in [3.8, 4) is 12.3 Å². The first-order chi connectivity index (χ1) is 7.02. The van der Waals surface area contributed by atoms with Gasteiger partial charge >= 0.3 is 5.97 Å². The molecule has 1 saturated carbocycles. The number of aliphatic hydroxyl groups excluding tert-OH is 1. The van der Waals surface area contributed by atoms with Gasteiger partial charge in [-0.25, -0.2) is 0 Å². The van der Waals surface area contributed by atoms with Crippen molar-refractivity contribution in [1.82, 2.24) is 0 Å². The SMILES string of the molecule is C#C[C@@]1(COC(C)=O)CCCC(=C)[C@H]1O. The number of terminal acetylenes is 1. The van der Waals surface area contributed by atoms with Crippen LogP contribution >= 0.6 is 0 Å². The Morgan fingerprint density at radius 2 is 2.53 bits per heavy atom. The quantitative estimate of drug-likeness (QED) is 0.422. The zero-order valence-electron chi connectivity index (χ0n) is 8.95. The van der Waals surface area contributed by atoms with Crippen LogP contribution in [0.5, 0.6) is 0 Å². The van der Waals surface area contributed by atoms with Gasteiger partial charge in [-0.2, -0.15) is 0 Å². The normalized spacial score (nSPS) is 30.7. The predicted molar refractivity (Wildman–Crippen MR) is 56.9 cm³/mol. The maximum Gasteiger partial charge on any atom is 0.302 e. The molecule has 0 spiro atoms. The molecular weight excluding hydrogens is 192 g/mol. The van der Waals surface area contributed by atoms with Gasteiger partial charge in [-0.05, 0) is 24.8 Å². The molecule has 2 atom stereocenters. The average molecular weight is 208 g/mol. The number of rotatable bonds is 2. The van der Waals surface area contributed by atoms with Gasteiger partial charge in [0.2, 0.25) is 0 Å². The van der Waals surface area contributed by atoms with Crippen molar-refractivity contribution in [2.24, 2.45) is 5.41 Å². The molecule has 0 saturated heterocycles. The number of hydrogen-bond donors (Lipinski definition) is 1. The molecular formula is C12H16O3. The zero-order chi connectivity index (χ0) is 11.5. The standard InChI is InChI=1S/C12H16O3/c1-4-12(8-15-10(3)13)7-5-6-9(2)11(12)14/h1,11,14H,2,5-8H2,3H3/t11-,12+/m1/s1. The predicted octanol–water partition coefficient (Wildman–Crippen LogP) is 1.27. The first-order valence-electron chi connectivity index (χ1n) is 4.99. The molecule has 0 aliphatic heterocycles. The summed E-state index contributed by atoms with van der Waals surface area (Å²) in [4.78, 5) is 10.7. The van der Waals surface area contributed by atoms with Gasteiger partial charge in [0.1, 0.15) is 6.61 Å². The van der Waals surface area contributed by atoms with Crippen LogP contribution in [0.3, 0.4) is 0 Å². The highest BCUT2D eigenvalue weighted by Gasteiger charge is 2.41. The minimum Gasteiger partial charge on any atom is -0.464 e. The molecule has 0 aromatic rings. The van der Waals surface area contributed by atoms with E-state index >= 15 is 0 Å². The molecule has 15 heavy (non-hydrogen) atoms. The fourth-order valence-electron chi connectivity index (χ4n) is 1.87. The van der Waals surface area contributed by atoms with Crippen molar-refractivity contribution in [2.45, 2.75) is 32.3 Å². The summed E-state index contributed by atoms with van der Waals surface area (Å²) in [5.74, 6) is 2.18. The second-order valence-corrected chi connectivity index (χ2v) is 4.00. The number of aliphatic hydroxyl groups is 1. The average Bonchev–Trinajstić information content (AvgIpc) is 2.21. The molecule has 0 heterocycles. The van der Waals surface area contributed by atoms with Gasteiger partial charge in [0, 0.05) is 6.92 Å². The molecule has 0 aromatic carbocycles. The van der Waals surface area contributed by atoms with Gasteiger partial charge in [0.15, 0.2) is 0 Å². The lowest BCUT2D eigenvalue weighted by molar-refractivity contribution is -0.145. The topological polar surface area (TPSA) is 46.5 Å². The monoisotopic (exact) mass is 208 g/mol. The Morgan fingerprint density at radius 1 is 1.87 bits per heavy atom. The number of hydrogen-bond acceptors (Lipinski definition) is 3. The summed E-state index contributed by atoms with van der Waals surface area (Å²) in [5, 5.41) is 9.97.